The molecule has 316 valence electrons. The molecule has 0 N–H and O–H groups in total. The SMILES string of the molecule is CC.c1cc(-c2cccc3c2oc2ccccc23)cc(-n2c3ccccc3c3c4sc5c(ccc6c5c5ccccc5n6-c5cccc(-c6cccc7c6oc6ccccc67)c5)c4ccc32)c1. The first-order valence-electron chi connectivity index (χ1n) is 23.1. The molecule has 0 aliphatic rings. The van der Waals surface area contributed by atoms with Gasteiger partial charge in [-0.15, -0.1) is 11.3 Å². The molecule has 0 unspecified atom stereocenters. The van der Waals surface area contributed by atoms with E-state index < -0.39 is 0 Å². The molecule has 5 heterocycles. The summed E-state index contributed by atoms with van der Waals surface area (Å²) in [6, 6.07) is 74.5. The van der Waals surface area contributed by atoms with Gasteiger partial charge < -0.3 is 18.0 Å². The summed E-state index contributed by atoms with van der Waals surface area (Å²) in [5, 5.41) is 12.2. The zero-order valence-electron chi connectivity index (χ0n) is 36.7. The Hall–Kier alpha value is -8.38. The van der Waals surface area contributed by atoms with Crippen LogP contribution in [0.25, 0.3) is 141 Å². The van der Waals surface area contributed by atoms with Crippen molar-refractivity contribution in [1.82, 2.24) is 9.13 Å². The number of para-hydroxylation sites is 6. The summed E-state index contributed by atoms with van der Waals surface area (Å²) in [7, 11) is 0. The van der Waals surface area contributed by atoms with Crippen LogP contribution in [-0.2, 0) is 0 Å². The molecule has 0 fully saturated rings. The third kappa shape index (κ3) is 5.40. The van der Waals surface area contributed by atoms with Gasteiger partial charge in [-0.25, -0.2) is 0 Å². The van der Waals surface area contributed by atoms with Crippen molar-refractivity contribution in [3.63, 3.8) is 0 Å². The van der Waals surface area contributed by atoms with Crippen LogP contribution in [0.15, 0.2) is 215 Å². The monoisotopic (exact) mass is 876 g/mol. The molecule has 10 aromatic carbocycles. The van der Waals surface area contributed by atoms with Crippen molar-refractivity contribution >= 4 is 119 Å². The average molecular weight is 877 g/mol. The second-order valence-corrected chi connectivity index (χ2v) is 18.2. The van der Waals surface area contributed by atoms with E-state index >= 15 is 0 Å². The Morgan fingerprint density at radius 3 is 1.21 bits per heavy atom. The highest BCUT2D eigenvalue weighted by molar-refractivity contribution is 7.27. The van der Waals surface area contributed by atoms with Crippen LogP contribution in [0.1, 0.15) is 13.8 Å². The maximum atomic E-state index is 6.51. The van der Waals surface area contributed by atoms with E-state index in [4.69, 9.17) is 8.83 Å². The second kappa shape index (κ2) is 14.6. The van der Waals surface area contributed by atoms with E-state index in [0.717, 1.165) is 77.5 Å². The highest BCUT2D eigenvalue weighted by Crippen LogP contribution is 2.48. The van der Waals surface area contributed by atoms with Gasteiger partial charge >= 0.3 is 0 Å². The lowest BCUT2D eigenvalue weighted by Crippen LogP contribution is -1.94. The van der Waals surface area contributed by atoms with Gasteiger partial charge in [0.05, 0.1) is 22.1 Å². The zero-order valence-corrected chi connectivity index (χ0v) is 37.6. The van der Waals surface area contributed by atoms with Crippen LogP contribution in [0.2, 0.25) is 0 Å². The van der Waals surface area contributed by atoms with Crippen molar-refractivity contribution in [2.45, 2.75) is 13.8 Å². The molecule has 0 aliphatic heterocycles. The summed E-state index contributed by atoms with van der Waals surface area (Å²) >= 11 is 1.92. The average Bonchev–Trinajstić information content (AvgIpc) is 4.21. The number of rotatable bonds is 4. The Balaban J connectivity index is 0.00000211. The molecule has 0 aliphatic carbocycles. The molecular weight excluding hydrogens is 837 g/mol. The van der Waals surface area contributed by atoms with E-state index in [1.54, 1.807) is 0 Å². The lowest BCUT2D eigenvalue weighted by molar-refractivity contribution is 0.669. The summed E-state index contributed by atoms with van der Waals surface area (Å²) in [5.41, 5.74) is 15.1. The predicted molar refractivity (Wildman–Crippen MR) is 285 cm³/mol. The van der Waals surface area contributed by atoms with E-state index in [1.165, 1.54) is 63.8 Å². The number of hydrogen-bond donors (Lipinski definition) is 0. The third-order valence-corrected chi connectivity index (χ3v) is 15.0. The first kappa shape index (κ1) is 37.9. The second-order valence-electron chi connectivity index (χ2n) is 17.1. The first-order valence-corrected chi connectivity index (χ1v) is 23.9. The van der Waals surface area contributed by atoms with Crippen molar-refractivity contribution in [3.8, 4) is 33.6 Å². The van der Waals surface area contributed by atoms with Gasteiger partial charge in [-0.2, -0.15) is 0 Å². The molecule has 0 amide bonds. The highest BCUT2D eigenvalue weighted by atomic mass is 32.1. The predicted octanol–water partition coefficient (Wildman–Crippen LogP) is 18.4. The molecule has 0 saturated carbocycles. The van der Waals surface area contributed by atoms with Gasteiger partial charge in [0.2, 0.25) is 0 Å². The van der Waals surface area contributed by atoms with E-state index in [1.807, 2.05) is 37.3 Å². The van der Waals surface area contributed by atoms with Gasteiger partial charge in [0, 0.05) is 85.8 Å². The molecular formula is C62H40N2O2S. The standard InChI is InChI=1S/C60H34N2O2S.C2H6/c1-5-25-49-47(19-1)55-51(61(49)37-15-9-13-35(33-37)39-21-11-23-43-41-17-3-7-27-53(41)63-57(39)43)31-29-45-46-30-32-52-56(60(46)65-59(45)55)48-20-2-6-26-50(48)62(52)38-16-10-14-36(34-38)40-22-12-24-44-42-18-4-8-28-54(42)64-58(40)44;1-2/h1-34H;1-2H3. The van der Waals surface area contributed by atoms with Crippen LogP contribution >= 0.6 is 11.3 Å². The number of benzene rings is 10. The van der Waals surface area contributed by atoms with Crippen LogP contribution < -0.4 is 0 Å². The Morgan fingerprint density at radius 1 is 0.328 bits per heavy atom. The molecule has 0 spiro atoms. The molecule has 15 rings (SSSR count). The van der Waals surface area contributed by atoms with Gasteiger partial charge in [0.1, 0.15) is 22.3 Å². The van der Waals surface area contributed by atoms with Crippen molar-refractivity contribution in [2.24, 2.45) is 0 Å². The van der Waals surface area contributed by atoms with Gasteiger partial charge in [0.15, 0.2) is 0 Å². The minimum atomic E-state index is 0.907. The van der Waals surface area contributed by atoms with Crippen molar-refractivity contribution in [1.29, 1.82) is 0 Å². The van der Waals surface area contributed by atoms with E-state index in [0.29, 0.717) is 0 Å². The van der Waals surface area contributed by atoms with Crippen molar-refractivity contribution in [3.05, 3.63) is 206 Å². The maximum Gasteiger partial charge on any atom is 0.143 e. The molecule has 0 bridgehead atoms. The molecule has 0 radical (unpaired) electrons. The lowest BCUT2D eigenvalue weighted by Gasteiger charge is -2.11. The molecule has 0 atom stereocenters. The normalized spacial score (nSPS) is 12.0. The number of aromatic nitrogens is 2. The molecule has 5 aromatic heterocycles. The minimum absolute atomic E-state index is 0.907. The topological polar surface area (TPSA) is 36.1 Å². The quantitative estimate of drug-likeness (QED) is 0.177. The largest absolute Gasteiger partial charge is 0.455 e. The maximum absolute atomic E-state index is 6.51. The molecule has 5 heteroatoms. The summed E-state index contributed by atoms with van der Waals surface area (Å²) in [4.78, 5) is 0. The number of thiophene rings is 1. The summed E-state index contributed by atoms with van der Waals surface area (Å²) in [6.45, 7) is 4.00. The van der Waals surface area contributed by atoms with E-state index in [9.17, 15) is 0 Å². The Labute approximate surface area is 388 Å². The minimum Gasteiger partial charge on any atom is -0.455 e. The Morgan fingerprint density at radius 2 is 0.731 bits per heavy atom. The van der Waals surface area contributed by atoms with Crippen LogP contribution in [0.3, 0.4) is 0 Å². The van der Waals surface area contributed by atoms with Crippen molar-refractivity contribution in [2.75, 3.05) is 0 Å². The molecule has 15 aromatic rings. The van der Waals surface area contributed by atoms with Crippen LogP contribution in [-0.4, -0.2) is 9.13 Å². The van der Waals surface area contributed by atoms with E-state index in [-0.39, 0.29) is 0 Å². The summed E-state index contributed by atoms with van der Waals surface area (Å²) in [5.74, 6) is 0. The Kier molecular flexibility index (Phi) is 8.25. The van der Waals surface area contributed by atoms with Gasteiger partial charge in [-0.3, -0.25) is 0 Å². The Bertz CT molecular complexity index is 4210. The van der Waals surface area contributed by atoms with Crippen LogP contribution in [0.4, 0.5) is 0 Å². The summed E-state index contributed by atoms with van der Waals surface area (Å²) in [6.07, 6.45) is 0. The summed E-state index contributed by atoms with van der Waals surface area (Å²) < 4.78 is 20.5. The van der Waals surface area contributed by atoms with Crippen LogP contribution in [0.5, 0.6) is 0 Å². The lowest BCUT2D eigenvalue weighted by atomic mass is 10.0. The van der Waals surface area contributed by atoms with Crippen LogP contribution in [0, 0.1) is 0 Å². The number of furan rings is 2. The fourth-order valence-electron chi connectivity index (χ4n) is 10.9. The zero-order chi connectivity index (χ0) is 44.3. The molecule has 0 saturated heterocycles. The fraction of sp³-hybridized carbons (Fsp3) is 0.0323. The number of nitrogens with zero attached hydrogens (tertiary/aromatic N) is 2. The number of fused-ring (bicyclic) bond motifs is 17. The fourth-order valence-corrected chi connectivity index (χ4v) is 12.3. The van der Waals surface area contributed by atoms with Gasteiger partial charge in [-0.1, -0.05) is 159 Å². The highest BCUT2D eigenvalue weighted by Gasteiger charge is 2.22. The first-order chi connectivity index (χ1) is 33.2. The van der Waals surface area contributed by atoms with Gasteiger partial charge in [0.25, 0.3) is 0 Å². The third-order valence-electron chi connectivity index (χ3n) is 13.7. The molecule has 67 heavy (non-hydrogen) atoms. The molecule has 4 nitrogen and oxygen atoms in total. The van der Waals surface area contributed by atoms with Crippen molar-refractivity contribution < 1.29 is 8.83 Å². The number of hydrogen-bond acceptors (Lipinski definition) is 3. The smallest absolute Gasteiger partial charge is 0.143 e. The van der Waals surface area contributed by atoms with Gasteiger partial charge in [-0.05, 0) is 71.8 Å². The van der Waals surface area contributed by atoms with E-state index in [2.05, 4.69) is 203 Å².